The molecular formula is C4H6CaN3O4P. The summed E-state index contributed by atoms with van der Waals surface area (Å²) in [5, 5.41) is 0. The zero-order valence-corrected chi connectivity index (χ0v) is 9.94. The molecule has 68 valence electrons. The van der Waals surface area contributed by atoms with Crippen molar-refractivity contribution >= 4 is 51.5 Å². The molecule has 1 aromatic rings. The predicted octanol–water partition coefficient (Wildman–Crippen LogP) is -2.17. The summed E-state index contributed by atoms with van der Waals surface area (Å²) in [4.78, 5) is 23.6. The number of phosphoric ester groups is 1. The fourth-order valence-electron chi connectivity index (χ4n) is 0.611. The van der Waals surface area contributed by atoms with Gasteiger partial charge in [0.05, 0.1) is 6.20 Å². The van der Waals surface area contributed by atoms with Gasteiger partial charge in [0.2, 0.25) is 11.8 Å². The largest absolute Gasteiger partial charge is 2.00 e. The van der Waals surface area contributed by atoms with E-state index in [9.17, 15) is 14.4 Å². The van der Waals surface area contributed by atoms with Crippen LogP contribution in [0.1, 0.15) is 0 Å². The Bertz CT molecular complexity index is 315. The van der Waals surface area contributed by atoms with Gasteiger partial charge in [0.25, 0.3) is 0 Å². The molecule has 7 nitrogen and oxygen atoms in total. The van der Waals surface area contributed by atoms with E-state index in [2.05, 4.69) is 9.51 Å². The monoisotopic (exact) mass is 231 g/mol. The molecule has 0 bridgehead atoms. The Morgan fingerprint density at radius 1 is 1.69 bits per heavy atom. The minimum absolute atomic E-state index is 0. The predicted molar refractivity (Wildman–Crippen MR) is 41.6 cm³/mol. The average molecular weight is 231 g/mol. The van der Waals surface area contributed by atoms with E-state index < -0.39 is 7.82 Å². The van der Waals surface area contributed by atoms with Crippen molar-refractivity contribution in [2.45, 2.75) is 0 Å². The number of rotatable bonds is 2. The number of nitrogens with zero attached hydrogens (tertiary/aromatic N) is 2. The third-order valence-electron chi connectivity index (χ3n) is 1.10. The molecule has 0 aliphatic carbocycles. The Morgan fingerprint density at radius 2 is 2.23 bits per heavy atom. The maximum atomic E-state index is 10.1. The van der Waals surface area contributed by atoms with E-state index in [1.807, 2.05) is 0 Å². The first kappa shape index (κ1) is 13.2. The van der Waals surface area contributed by atoms with Crippen molar-refractivity contribution in [1.29, 1.82) is 0 Å². The molecule has 0 fully saturated rings. The Balaban J connectivity index is 0.00000144. The van der Waals surface area contributed by atoms with Crippen molar-refractivity contribution in [2.24, 2.45) is 7.05 Å². The van der Waals surface area contributed by atoms with Crippen molar-refractivity contribution < 1.29 is 18.9 Å². The van der Waals surface area contributed by atoms with Crippen LogP contribution < -0.4 is 20.0 Å². The van der Waals surface area contributed by atoms with E-state index in [0.717, 1.165) is 0 Å². The Hall–Kier alpha value is 0.220. The third-order valence-corrected chi connectivity index (χ3v) is 1.51. The van der Waals surface area contributed by atoms with Gasteiger partial charge in [0.15, 0.2) is 0 Å². The first-order valence-electron chi connectivity index (χ1n) is 2.89. The van der Waals surface area contributed by atoms with Gasteiger partial charge in [-0.25, -0.2) is 0 Å². The average Bonchev–Trinajstić information content (AvgIpc) is 2.07. The van der Waals surface area contributed by atoms with Crippen molar-refractivity contribution in [2.75, 3.05) is 5.73 Å². The number of hydrogen-bond donors (Lipinski definition) is 1. The summed E-state index contributed by atoms with van der Waals surface area (Å²) in [7, 11) is -3.49. The molecule has 0 aliphatic heterocycles. The number of nitrogens with two attached hydrogens (primary N) is 1. The van der Waals surface area contributed by atoms with Gasteiger partial charge in [-0.2, -0.15) is 4.98 Å². The van der Waals surface area contributed by atoms with Crippen LogP contribution in [0.5, 0.6) is 5.88 Å². The van der Waals surface area contributed by atoms with Crippen LogP contribution >= 0.6 is 7.82 Å². The normalized spacial score (nSPS) is 10.7. The van der Waals surface area contributed by atoms with Crippen molar-refractivity contribution in [1.82, 2.24) is 9.55 Å². The second-order valence-electron chi connectivity index (χ2n) is 2.09. The van der Waals surface area contributed by atoms with Crippen LogP contribution in [0.15, 0.2) is 6.20 Å². The zero-order valence-electron chi connectivity index (χ0n) is 6.84. The molecule has 0 atom stereocenters. The van der Waals surface area contributed by atoms with Crippen LogP contribution in [0.3, 0.4) is 0 Å². The van der Waals surface area contributed by atoms with Crippen molar-refractivity contribution in [3.05, 3.63) is 6.20 Å². The van der Waals surface area contributed by atoms with Gasteiger partial charge >= 0.3 is 37.7 Å². The first-order chi connectivity index (χ1) is 5.38. The molecule has 0 aromatic carbocycles. The van der Waals surface area contributed by atoms with Crippen LogP contribution in [0.2, 0.25) is 0 Å². The fraction of sp³-hybridized carbons (Fsp3) is 0.250. The Morgan fingerprint density at radius 3 is 2.54 bits per heavy atom. The standard InChI is InChI=1S/C4H8N3O4P.Ca/c1-7-2-3(6-4(7)5)11-12(8,9)10;/h2H,1H3,(H2,5,6)(H2,8,9,10);/q;+2/p-2. The van der Waals surface area contributed by atoms with Crippen molar-refractivity contribution in [3.63, 3.8) is 0 Å². The molecule has 0 saturated heterocycles. The summed E-state index contributed by atoms with van der Waals surface area (Å²) in [6, 6.07) is 0. The topological polar surface area (TPSA) is 116 Å². The second-order valence-corrected chi connectivity index (χ2v) is 3.16. The summed E-state index contributed by atoms with van der Waals surface area (Å²) in [6.45, 7) is 0. The molecule has 9 heteroatoms. The Labute approximate surface area is 104 Å². The molecular weight excluding hydrogens is 225 g/mol. The van der Waals surface area contributed by atoms with E-state index in [-0.39, 0.29) is 49.6 Å². The molecule has 1 rings (SSSR count). The Kier molecular flexibility index (Phi) is 4.71. The van der Waals surface area contributed by atoms with Gasteiger partial charge in [0.1, 0.15) is 7.82 Å². The fourth-order valence-corrected chi connectivity index (χ4v) is 0.928. The summed E-state index contributed by atoms with van der Waals surface area (Å²) >= 11 is 0. The molecule has 0 unspecified atom stereocenters. The number of imidazole rings is 1. The number of aromatic nitrogens is 2. The number of hydrogen-bond acceptors (Lipinski definition) is 6. The van der Waals surface area contributed by atoms with Crippen LogP contribution in [0.25, 0.3) is 0 Å². The summed E-state index contributed by atoms with van der Waals surface area (Å²) in [5.41, 5.74) is 5.24. The summed E-state index contributed by atoms with van der Waals surface area (Å²) in [6.07, 6.45) is 1.19. The number of nitrogen functional groups attached to an aromatic ring is 1. The van der Waals surface area contributed by atoms with E-state index >= 15 is 0 Å². The van der Waals surface area contributed by atoms with Gasteiger partial charge in [-0.05, 0) is 0 Å². The quantitative estimate of drug-likeness (QED) is 0.457. The molecule has 0 spiro atoms. The van der Waals surface area contributed by atoms with Gasteiger partial charge < -0.3 is 29.2 Å². The summed E-state index contributed by atoms with van der Waals surface area (Å²) < 4.78 is 15.3. The molecule has 0 radical (unpaired) electrons. The van der Waals surface area contributed by atoms with Crippen LogP contribution in [-0.4, -0.2) is 47.3 Å². The van der Waals surface area contributed by atoms with Crippen LogP contribution in [-0.2, 0) is 11.6 Å². The molecule has 0 amide bonds. The van der Waals surface area contributed by atoms with E-state index in [1.165, 1.54) is 17.8 Å². The minimum Gasteiger partial charge on any atom is -0.780 e. The SMILES string of the molecule is Cn1cc(OP(=O)([O-])[O-])nc1N.[Ca+2]. The summed E-state index contributed by atoms with van der Waals surface area (Å²) in [5.74, 6) is -0.248. The maximum Gasteiger partial charge on any atom is 2.00 e. The number of phosphoric acid groups is 1. The molecule has 0 aliphatic rings. The molecule has 13 heavy (non-hydrogen) atoms. The van der Waals surface area contributed by atoms with Crippen LogP contribution in [0, 0.1) is 0 Å². The number of aryl methyl sites for hydroxylation is 1. The smallest absolute Gasteiger partial charge is 0.780 e. The first-order valence-corrected chi connectivity index (χ1v) is 4.35. The maximum absolute atomic E-state index is 10.1. The molecule has 0 saturated carbocycles. The van der Waals surface area contributed by atoms with E-state index in [0.29, 0.717) is 0 Å². The molecule has 2 N–H and O–H groups in total. The van der Waals surface area contributed by atoms with Gasteiger partial charge in [-0.3, -0.25) is 0 Å². The zero-order chi connectivity index (χ0) is 9.35. The van der Waals surface area contributed by atoms with Crippen molar-refractivity contribution in [3.8, 4) is 5.88 Å². The third kappa shape index (κ3) is 4.30. The van der Waals surface area contributed by atoms with Gasteiger partial charge in [0, 0.05) is 7.05 Å². The minimum atomic E-state index is -5.03. The molecule has 1 aromatic heterocycles. The molecule has 1 heterocycles. The second kappa shape index (κ2) is 4.63. The van der Waals surface area contributed by atoms with E-state index in [4.69, 9.17) is 5.73 Å². The van der Waals surface area contributed by atoms with Crippen LogP contribution in [0.4, 0.5) is 5.95 Å². The van der Waals surface area contributed by atoms with Gasteiger partial charge in [-0.1, -0.05) is 0 Å². The number of anilines is 1. The van der Waals surface area contributed by atoms with E-state index in [1.54, 1.807) is 0 Å². The van der Waals surface area contributed by atoms with Gasteiger partial charge in [-0.15, -0.1) is 0 Å².